The Morgan fingerprint density at radius 1 is 1.61 bits per heavy atom. The molecule has 6 heteroatoms. The number of nitrogens with zero attached hydrogens (tertiary/aromatic N) is 3. The molecule has 0 saturated heterocycles. The Bertz CT molecular complexity index is 623. The lowest BCUT2D eigenvalue weighted by molar-refractivity contribution is 0.0283. The van der Waals surface area contributed by atoms with Crippen molar-refractivity contribution in [1.82, 2.24) is 9.61 Å². The van der Waals surface area contributed by atoms with Gasteiger partial charge in [0.2, 0.25) is 0 Å². The molecule has 2 rings (SSSR count). The van der Waals surface area contributed by atoms with Gasteiger partial charge in [-0.3, -0.25) is 0 Å². The minimum Gasteiger partial charge on any atom is -0.489 e. The first-order chi connectivity index (χ1) is 8.40. The molecule has 2 aromatic heterocycles. The van der Waals surface area contributed by atoms with Crippen LogP contribution in [0.3, 0.4) is 0 Å². The summed E-state index contributed by atoms with van der Waals surface area (Å²) in [4.78, 5) is 0. The Kier molecular flexibility index (Phi) is 3.28. The largest absolute Gasteiger partial charge is 0.489 e. The fourth-order valence-corrected chi connectivity index (χ4v) is 2.09. The number of nitriles is 1. The lowest BCUT2D eigenvalue weighted by Crippen LogP contribution is -2.27. The van der Waals surface area contributed by atoms with Gasteiger partial charge in [0.05, 0.1) is 29.1 Å². The lowest BCUT2D eigenvalue weighted by atomic mass is 10.2. The molecule has 0 unspecified atom stereocenters. The number of rotatable bonds is 3. The molecule has 0 amide bonds. The fraction of sp³-hybridized carbons (Fsp3) is 0.333. The highest BCUT2D eigenvalue weighted by Crippen LogP contribution is 2.26. The van der Waals surface area contributed by atoms with Gasteiger partial charge in [-0.15, -0.1) is 0 Å². The maximum absolute atomic E-state index is 9.60. The van der Waals surface area contributed by atoms with E-state index >= 15 is 0 Å². The SMILES string of the molecule is CC(C)(O)COc1cc(Br)c2c(C#N)cnn2c1. The second-order valence-corrected chi connectivity index (χ2v) is 5.44. The van der Waals surface area contributed by atoms with E-state index in [1.807, 2.05) is 0 Å². The molecule has 0 aliphatic rings. The zero-order valence-electron chi connectivity index (χ0n) is 10.0. The third-order valence-corrected chi connectivity index (χ3v) is 2.86. The summed E-state index contributed by atoms with van der Waals surface area (Å²) >= 11 is 3.38. The van der Waals surface area contributed by atoms with Crippen LogP contribution < -0.4 is 4.74 Å². The first kappa shape index (κ1) is 12.9. The monoisotopic (exact) mass is 309 g/mol. The molecule has 0 atom stereocenters. The number of hydrogen-bond donors (Lipinski definition) is 1. The van der Waals surface area contributed by atoms with Crippen LogP contribution in [0.1, 0.15) is 19.4 Å². The van der Waals surface area contributed by atoms with Crippen LogP contribution in [-0.4, -0.2) is 26.9 Å². The van der Waals surface area contributed by atoms with Crippen LogP contribution in [-0.2, 0) is 0 Å². The topological polar surface area (TPSA) is 70.5 Å². The third-order valence-electron chi connectivity index (χ3n) is 2.25. The van der Waals surface area contributed by atoms with Crippen molar-refractivity contribution in [2.45, 2.75) is 19.4 Å². The van der Waals surface area contributed by atoms with Crippen LogP contribution in [0.15, 0.2) is 22.9 Å². The molecule has 0 aliphatic carbocycles. The molecule has 0 radical (unpaired) electrons. The van der Waals surface area contributed by atoms with E-state index in [1.54, 1.807) is 30.6 Å². The maximum atomic E-state index is 9.60. The first-order valence-electron chi connectivity index (χ1n) is 5.33. The van der Waals surface area contributed by atoms with Crippen molar-refractivity contribution in [3.63, 3.8) is 0 Å². The number of halogens is 1. The second-order valence-electron chi connectivity index (χ2n) is 4.59. The Morgan fingerprint density at radius 2 is 2.33 bits per heavy atom. The number of ether oxygens (including phenoxy) is 1. The lowest BCUT2D eigenvalue weighted by Gasteiger charge is -2.17. The van der Waals surface area contributed by atoms with Crippen LogP contribution in [0.2, 0.25) is 0 Å². The van der Waals surface area contributed by atoms with E-state index in [9.17, 15) is 5.11 Å². The molecule has 0 aromatic carbocycles. The molecule has 0 bridgehead atoms. The van der Waals surface area contributed by atoms with Gasteiger partial charge < -0.3 is 9.84 Å². The highest BCUT2D eigenvalue weighted by atomic mass is 79.9. The van der Waals surface area contributed by atoms with Crippen molar-refractivity contribution in [2.75, 3.05) is 6.61 Å². The predicted molar refractivity (Wildman–Crippen MR) is 69.4 cm³/mol. The van der Waals surface area contributed by atoms with E-state index < -0.39 is 5.60 Å². The van der Waals surface area contributed by atoms with Gasteiger partial charge in [0.15, 0.2) is 0 Å². The molecule has 0 aliphatic heterocycles. The van der Waals surface area contributed by atoms with Crippen molar-refractivity contribution < 1.29 is 9.84 Å². The van der Waals surface area contributed by atoms with E-state index in [0.29, 0.717) is 16.8 Å². The van der Waals surface area contributed by atoms with Gasteiger partial charge in [0.25, 0.3) is 0 Å². The van der Waals surface area contributed by atoms with Gasteiger partial charge in [-0.25, -0.2) is 4.52 Å². The number of pyridine rings is 1. The average molecular weight is 310 g/mol. The number of fused-ring (bicyclic) bond motifs is 1. The Balaban J connectivity index is 2.36. The number of aliphatic hydroxyl groups is 1. The average Bonchev–Trinajstić information content (AvgIpc) is 2.69. The summed E-state index contributed by atoms with van der Waals surface area (Å²) in [6.07, 6.45) is 3.17. The van der Waals surface area contributed by atoms with Gasteiger partial charge in [-0.2, -0.15) is 10.4 Å². The first-order valence-corrected chi connectivity index (χ1v) is 6.12. The summed E-state index contributed by atoms with van der Waals surface area (Å²) in [5.74, 6) is 0.573. The van der Waals surface area contributed by atoms with E-state index in [2.05, 4.69) is 27.1 Å². The zero-order valence-corrected chi connectivity index (χ0v) is 11.6. The summed E-state index contributed by atoms with van der Waals surface area (Å²) < 4.78 is 7.78. The van der Waals surface area contributed by atoms with Crippen LogP contribution in [0, 0.1) is 11.3 Å². The number of aromatic nitrogens is 2. The van der Waals surface area contributed by atoms with E-state index in [4.69, 9.17) is 10.00 Å². The third kappa shape index (κ3) is 2.63. The van der Waals surface area contributed by atoms with Gasteiger partial charge in [0.1, 0.15) is 18.4 Å². The van der Waals surface area contributed by atoms with Gasteiger partial charge in [-0.1, -0.05) is 0 Å². The molecule has 2 heterocycles. The summed E-state index contributed by atoms with van der Waals surface area (Å²) in [7, 11) is 0. The minimum atomic E-state index is -0.899. The zero-order chi connectivity index (χ0) is 13.3. The summed E-state index contributed by atoms with van der Waals surface area (Å²) in [6.45, 7) is 3.52. The van der Waals surface area contributed by atoms with E-state index in [0.717, 1.165) is 4.47 Å². The molecule has 18 heavy (non-hydrogen) atoms. The standard InChI is InChI=1S/C12H12BrN3O2/c1-12(2,17)7-18-9-3-10(13)11-8(4-14)5-15-16(11)6-9/h3,5-6,17H,7H2,1-2H3. The molecule has 2 aromatic rings. The van der Waals surface area contributed by atoms with Crippen molar-refractivity contribution in [3.8, 4) is 11.8 Å². The maximum Gasteiger partial charge on any atom is 0.138 e. The van der Waals surface area contributed by atoms with Crippen molar-refractivity contribution in [2.24, 2.45) is 0 Å². The van der Waals surface area contributed by atoms with Crippen molar-refractivity contribution >= 4 is 21.4 Å². The molecular formula is C12H12BrN3O2. The highest BCUT2D eigenvalue weighted by Gasteiger charge is 2.15. The van der Waals surface area contributed by atoms with Crippen LogP contribution in [0.25, 0.3) is 5.52 Å². The quantitative estimate of drug-likeness (QED) is 0.942. The highest BCUT2D eigenvalue weighted by molar-refractivity contribution is 9.10. The van der Waals surface area contributed by atoms with Gasteiger partial charge in [-0.05, 0) is 35.8 Å². The van der Waals surface area contributed by atoms with Crippen LogP contribution >= 0.6 is 15.9 Å². The van der Waals surface area contributed by atoms with Gasteiger partial charge in [0, 0.05) is 4.47 Å². The normalized spacial score (nSPS) is 11.5. The van der Waals surface area contributed by atoms with Crippen molar-refractivity contribution in [1.29, 1.82) is 5.26 Å². The molecule has 0 saturated carbocycles. The Labute approximate surface area is 113 Å². The molecule has 5 nitrogen and oxygen atoms in total. The Hall–Kier alpha value is -1.58. The summed E-state index contributed by atoms with van der Waals surface area (Å²) in [5, 5.41) is 22.6. The molecule has 0 spiro atoms. The predicted octanol–water partition coefficient (Wildman–Crippen LogP) is 2.12. The number of hydrogen-bond acceptors (Lipinski definition) is 4. The van der Waals surface area contributed by atoms with E-state index in [1.165, 1.54) is 6.20 Å². The van der Waals surface area contributed by atoms with E-state index in [-0.39, 0.29) is 6.61 Å². The second kappa shape index (κ2) is 4.59. The molecule has 1 N–H and O–H groups in total. The molecule has 94 valence electrons. The minimum absolute atomic E-state index is 0.178. The Morgan fingerprint density at radius 3 is 2.94 bits per heavy atom. The smallest absolute Gasteiger partial charge is 0.138 e. The fourth-order valence-electron chi connectivity index (χ4n) is 1.47. The molecular weight excluding hydrogens is 298 g/mol. The van der Waals surface area contributed by atoms with Crippen LogP contribution in [0.4, 0.5) is 0 Å². The molecule has 0 fully saturated rings. The van der Waals surface area contributed by atoms with Crippen LogP contribution in [0.5, 0.6) is 5.75 Å². The van der Waals surface area contributed by atoms with Crippen molar-refractivity contribution in [3.05, 3.63) is 28.5 Å². The summed E-state index contributed by atoms with van der Waals surface area (Å²) in [6, 6.07) is 3.83. The van der Waals surface area contributed by atoms with Gasteiger partial charge >= 0.3 is 0 Å². The summed E-state index contributed by atoms with van der Waals surface area (Å²) in [5.41, 5.74) is 0.299.